The van der Waals surface area contributed by atoms with Crippen molar-refractivity contribution in [3.05, 3.63) is 47.7 Å². The standard InChI is InChI=1S/C15H19NO2/c1-4-8-13-15(17)16(3)11(2)14(18-13)12-9-6-5-7-10-12/h5-11,14H,4H2,1-3H3/b13-8+/t11-,14-/m0/s1. The van der Waals surface area contributed by atoms with Gasteiger partial charge in [-0.1, -0.05) is 37.3 Å². The van der Waals surface area contributed by atoms with Crippen LogP contribution in [-0.4, -0.2) is 23.9 Å². The van der Waals surface area contributed by atoms with Crippen molar-refractivity contribution in [2.24, 2.45) is 0 Å². The molecule has 2 rings (SSSR count). The molecule has 3 heteroatoms. The third-order valence-electron chi connectivity index (χ3n) is 3.35. The summed E-state index contributed by atoms with van der Waals surface area (Å²) in [5.74, 6) is 0.434. The lowest BCUT2D eigenvalue weighted by Gasteiger charge is -2.38. The second kappa shape index (κ2) is 5.25. The topological polar surface area (TPSA) is 29.5 Å². The summed E-state index contributed by atoms with van der Waals surface area (Å²) >= 11 is 0. The van der Waals surface area contributed by atoms with E-state index in [1.54, 1.807) is 4.90 Å². The van der Waals surface area contributed by atoms with Gasteiger partial charge in [0.1, 0.15) is 6.10 Å². The normalized spacial score (nSPS) is 26.3. The summed E-state index contributed by atoms with van der Waals surface area (Å²) in [5, 5.41) is 0. The first-order valence-electron chi connectivity index (χ1n) is 6.34. The Balaban J connectivity index is 2.31. The Hall–Kier alpha value is -1.77. The van der Waals surface area contributed by atoms with Crippen LogP contribution in [0, 0.1) is 0 Å². The molecule has 3 nitrogen and oxygen atoms in total. The maximum atomic E-state index is 12.0. The molecule has 1 saturated heterocycles. The van der Waals surface area contributed by atoms with Gasteiger partial charge in [-0.25, -0.2) is 0 Å². The third kappa shape index (κ3) is 2.26. The number of hydrogen-bond donors (Lipinski definition) is 0. The van der Waals surface area contributed by atoms with Crippen LogP contribution in [0.1, 0.15) is 31.9 Å². The lowest BCUT2D eigenvalue weighted by atomic mass is 10.0. The Morgan fingerprint density at radius 3 is 2.61 bits per heavy atom. The molecule has 0 aromatic heterocycles. The first-order valence-corrected chi connectivity index (χ1v) is 6.34. The molecule has 1 aliphatic rings. The number of nitrogens with zero attached hydrogens (tertiary/aromatic N) is 1. The first kappa shape index (κ1) is 12.7. The van der Waals surface area contributed by atoms with E-state index in [-0.39, 0.29) is 18.1 Å². The smallest absolute Gasteiger partial charge is 0.288 e. The molecule has 1 aliphatic heterocycles. The molecular weight excluding hydrogens is 226 g/mol. The van der Waals surface area contributed by atoms with Crippen molar-refractivity contribution in [3.63, 3.8) is 0 Å². The van der Waals surface area contributed by atoms with Gasteiger partial charge >= 0.3 is 0 Å². The van der Waals surface area contributed by atoms with E-state index in [1.165, 1.54) is 0 Å². The van der Waals surface area contributed by atoms with E-state index in [9.17, 15) is 4.79 Å². The third-order valence-corrected chi connectivity index (χ3v) is 3.35. The lowest BCUT2D eigenvalue weighted by Crippen LogP contribution is -2.45. The summed E-state index contributed by atoms with van der Waals surface area (Å²) in [4.78, 5) is 13.8. The van der Waals surface area contributed by atoms with Crippen LogP contribution in [0.2, 0.25) is 0 Å². The summed E-state index contributed by atoms with van der Waals surface area (Å²) in [7, 11) is 1.83. The predicted octanol–water partition coefficient (Wildman–Crippen LogP) is 2.90. The second-order valence-corrected chi connectivity index (χ2v) is 4.58. The van der Waals surface area contributed by atoms with Gasteiger partial charge in [0, 0.05) is 7.05 Å². The molecule has 0 bridgehead atoms. The van der Waals surface area contributed by atoms with Crippen molar-refractivity contribution in [2.45, 2.75) is 32.4 Å². The minimum Gasteiger partial charge on any atom is -0.478 e. The van der Waals surface area contributed by atoms with Gasteiger partial charge < -0.3 is 9.64 Å². The van der Waals surface area contributed by atoms with Crippen LogP contribution in [0.5, 0.6) is 0 Å². The van der Waals surface area contributed by atoms with Gasteiger partial charge in [0.2, 0.25) is 0 Å². The number of morpholine rings is 1. The molecule has 0 aliphatic carbocycles. The van der Waals surface area contributed by atoms with E-state index < -0.39 is 0 Å². The molecule has 96 valence electrons. The van der Waals surface area contributed by atoms with Crippen molar-refractivity contribution in [1.82, 2.24) is 4.90 Å². The van der Waals surface area contributed by atoms with E-state index in [4.69, 9.17) is 4.74 Å². The minimum atomic E-state index is -0.0910. The van der Waals surface area contributed by atoms with Crippen LogP contribution in [0.4, 0.5) is 0 Å². The molecule has 0 radical (unpaired) electrons. The molecule has 1 amide bonds. The van der Waals surface area contributed by atoms with Crippen molar-refractivity contribution >= 4 is 5.91 Å². The van der Waals surface area contributed by atoms with Gasteiger partial charge in [0.25, 0.3) is 5.91 Å². The van der Waals surface area contributed by atoms with Gasteiger partial charge in [-0.3, -0.25) is 4.79 Å². The van der Waals surface area contributed by atoms with E-state index >= 15 is 0 Å². The molecule has 0 unspecified atom stereocenters. The monoisotopic (exact) mass is 245 g/mol. The molecule has 1 fully saturated rings. The van der Waals surface area contributed by atoms with Crippen LogP contribution >= 0.6 is 0 Å². The van der Waals surface area contributed by atoms with E-state index in [2.05, 4.69) is 0 Å². The Bertz CT molecular complexity index is 453. The Morgan fingerprint density at radius 2 is 2.00 bits per heavy atom. The Labute approximate surface area is 108 Å². The van der Waals surface area contributed by atoms with Crippen LogP contribution in [0.15, 0.2) is 42.2 Å². The van der Waals surface area contributed by atoms with Gasteiger partial charge in [-0.2, -0.15) is 0 Å². The second-order valence-electron chi connectivity index (χ2n) is 4.58. The minimum absolute atomic E-state index is 0.0310. The summed E-state index contributed by atoms with van der Waals surface area (Å²) < 4.78 is 5.88. The van der Waals surface area contributed by atoms with E-state index in [0.717, 1.165) is 12.0 Å². The summed E-state index contributed by atoms with van der Waals surface area (Å²) in [6.45, 7) is 4.01. The maximum Gasteiger partial charge on any atom is 0.288 e. The molecule has 2 atom stereocenters. The van der Waals surface area contributed by atoms with Crippen LogP contribution in [0.3, 0.4) is 0 Å². The highest BCUT2D eigenvalue weighted by molar-refractivity contribution is 5.92. The molecule has 1 aromatic carbocycles. The maximum absolute atomic E-state index is 12.0. The molecule has 0 N–H and O–H groups in total. The number of rotatable bonds is 2. The quantitative estimate of drug-likeness (QED) is 0.750. The fraction of sp³-hybridized carbons (Fsp3) is 0.400. The summed E-state index contributed by atoms with van der Waals surface area (Å²) in [5.41, 5.74) is 1.10. The summed E-state index contributed by atoms with van der Waals surface area (Å²) in [6.07, 6.45) is 2.55. The molecule has 1 aromatic rings. The molecule has 18 heavy (non-hydrogen) atoms. The highest BCUT2D eigenvalue weighted by Gasteiger charge is 2.35. The van der Waals surface area contributed by atoms with Crippen LogP contribution in [-0.2, 0) is 9.53 Å². The fourth-order valence-corrected chi connectivity index (χ4v) is 2.16. The average molecular weight is 245 g/mol. The molecule has 0 saturated carbocycles. The number of amides is 1. The number of ether oxygens (including phenoxy) is 1. The highest BCUT2D eigenvalue weighted by Crippen LogP contribution is 2.32. The zero-order valence-corrected chi connectivity index (χ0v) is 11.1. The average Bonchev–Trinajstić information content (AvgIpc) is 2.40. The van der Waals surface area contributed by atoms with Crippen LogP contribution < -0.4 is 0 Å². The van der Waals surface area contributed by atoms with Gasteiger partial charge in [0.15, 0.2) is 5.76 Å². The Morgan fingerprint density at radius 1 is 1.33 bits per heavy atom. The predicted molar refractivity (Wildman–Crippen MR) is 70.9 cm³/mol. The zero-order chi connectivity index (χ0) is 13.1. The number of carbonyl (C=O) groups is 1. The number of benzene rings is 1. The fourth-order valence-electron chi connectivity index (χ4n) is 2.16. The van der Waals surface area contributed by atoms with Crippen molar-refractivity contribution in [3.8, 4) is 0 Å². The van der Waals surface area contributed by atoms with Gasteiger partial charge in [-0.15, -0.1) is 0 Å². The largest absolute Gasteiger partial charge is 0.478 e. The number of carbonyl (C=O) groups excluding carboxylic acids is 1. The van der Waals surface area contributed by atoms with Crippen molar-refractivity contribution in [2.75, 3.05) is 7.05 Å². The SMILES string of the molecule is CC/C=C1/O[C@H](c2ccccc2)[C@H](C)N(C)C1=O. The number of allylic oxidation sites excluding steroid dienone is 1. The van der Waals surface area contributed by atoms with Crippen molar-refractivity contribution < 1.29 is 9.53 Å². The zero-order valence-electron chi connectivity index (χ0n) is 11.1. The number of likely N-dealkylation sites (N-methyl/N-ethyl adjacent to an activating group) is 1. The van der Waals surface area contributed by atoms with E-state index in [0.29, 0.717) is 5.76 Å². The van der Waals surface area contributed by atoms with Crippen molar-refractivity contribution in [1.29, 1.82) is 0 Å². The highest BCUT2D eigenvalue weighted by atomic mass is 16.5. The van der Waals surface area contributed by atoms with Gasteiger partial charge in [-0.05, 0) is 25.0 Å². The van der Waals surface area contributed by atoms with Crippen LogP contribution in [0.25, 0.3) is 0 Å². The summed E-state index contributed by atoms with van der Waals surface area (Å²) in [6, 6.07) is 10.1. The Kier molecular flexibility index (Phi) is 3.70. The van der Waals surface area contributed by atoms with Gasteiger partial charge in [0.05, 0.1) is 6.04 Å². The lowest BCUT2D eigenvalue weighted by molar-refractivity contribution is -0.143. The molecule has 0 spiro atoms. The number of hydrogen-bond acceptors (Lipinski definition) is 2. The first-order chi connectivity index (χ1) is 8.65. The molecule has 1 heterocycles. The molecular formula is C15H19NO2. The van der Waals surface area contributed by atoms with E-state index in [1.807, 2.05) is 57.3 Å².